The fourth-order valence-electron chi connectivity index (χ4n) is 3.83. The maximum absolute atomic E-state index is 14.8. The third-order valence-electron chi connectivity index (χ3n) is 5.68. The highest BCUT2D eigenvalue weighted by Gasteiger charge is 2.32. The third kappa shape index (κ3) is 5.54. The molecule has 176 valence electrons. The van der Waals surface area contributed by atoms with Crippen LogP contribution in [0.4, 0.5) is 15.1 Å². The van der Waals surface area contributed by atoms with Gasteiger partial charge < -0.3 is 15.5 Å². The second-order valence-corrected chi connectivity index (χ2v) is 8.04. The highest BCUT2D eigenvalue weighted by atomic mass is 19.1. The Kier molecular flexibility index (Phi) is 7.41. The van der Waals surface area contributed by atoms with Crippen molar-refractivity contribution in [3.63, 3.8) is 0 Å². The fourth-order valence-corrected chi connectivity index (χ4v) is 3.83. The summed E-state index contributed by atoms with van der Waals surface area (Å²) in [5.41, 5.74) is 5.06. The number of amides is 4. The van der Waals surface area contributed by atoms with Gasteiger partial charge in [-0.15, -0.1) is 0 Å². The van der Waals surface area contributed by atoms with Gasteiger partial charge in [0.15, 0.2) is 0 Å². The molecule has 1 aliphatic heterocycles. The first-order valence-electron chi connectivity index (χ1n) is 10.7. The first kappa shape index (κ1) is 23.9. The highest BCUT2D eigenvalue weighted by molar-refractivity contribution is 5.95. The van der Waals surface area contributed by atoms with E-state index < -0.39 is 23.8 Å². The molecular weight excluding hydrogens is 429 g/mol. The number of nitrogens with one attached hydrogen (secondary N) is 4. The van der Waals surface area contributed by atoms with Crippen LogP contribution in [-0.2, 0) is 0 Å². The lowest BCUT2D eigenvalue weighted by Gasteiger charge is -2.26. The molecule has 3 atom stereocenters. The molecule has 4 amide bonds. The van der Waals surface area contributed by atoms with Crippen molar-refractivity contribution in [2.24, 2.45) is 0 Å². The molecule has 0 aliphatic carbocycles. The number of aromatic nitrogens is 2. The maximum Gasteiger partial charge on any atom is 0.333 e. The van der Waals surface area contributed by atoms with Crippen LogP contribution in [-0.4, -0.2) is 51.8 Å². The number of urea groups is 1. The van der Waals surface area contributed by atoms with Crippen LogP contribution in [0, 0.1) is 5.82 Å². The van der Waals surface area contributed by atoms with Crippen molar-refractivity contribution in [2.75, 3.05) is 12.4 Å². The Bertz CT molecular complexity index is 1020. The molecular formula is C22H28FN7O3. The van der Waals surface area contributed by atoms with E-state index in [0.717, 1.165) is 12.8 Å². The quantitative estimate of drug-likeness (QED) is 0.511. The van der Waals surface area contributed by atoms with E-state index in [9.17, 15) is 18.8 Å². The number of halogens is 1. The number of hydrogen-bond donors (Lipinski definition) is 4. The Morgan fingerprint density at radius 2 is 1.70 bits per heavy atom. The van der Waals surface area contributed by atoms with Gasteiger partial charge in [0.05, 0.1) is 11.6 Å². The Hall–Kier alpha value is -3.76. The van der Waals surface area contributed by atoms with E-state index >= 15 is 0 Å². The predicted molar refractivity (Wildman–Crippen MR) is 120 cm³/mol. The summed E-state index contributed by atoms with van der Waals surface area (Å²) in [4.78, 5) is 46.6. The molecule has 1 aromatic heterocycles. The van der Waals surface area contributed by atoms with Gasteiger partial charge in [0.2, 0.25) is 5.95 Å². The summed E-state index contributed by atoms with van der Waals surface area (Å²) in [6.45, 7) is 5.57. The van der Waals surface area contributed by atoms with Crippen molar-refractivity contribution >= 4 is 23.8 Å². The van der Waals surface area contributed by atoms with E-state index in [2.05, 4.69) is 31.5 Å². The monoisotopic (exact) mass is 457 g/mol. The van der Waals surface area contributed by atoms with Gasteiger partial charge in [0.1, 0.15) is 5.82 Å². The minimum Gasteiger partial charge on any atom is -0.357 e. The average Bonchev–Trinajstić information content (AvgIpc) is 3.14. The van der Waals surface area contributed by atoms with E-state index in [0.29, 0.717) is 5.95 Å². The Labute approximate surface area is 191 Å². The number of hydrazine groups is 1. The SMILES string of the molecule is CNc1ncc(C(=O)NNC(=O)N[C@H](C)c2ccc(C(=O)N3[C@H](C)CC[C@@H]3C)cc2F)cn1. The molecule has 0 spiro atoms. The molecule has 1 aliphatic rings. The van der Waals surface area contributed by atoms with Crippen molar-refractivity contribution in [2.45, 2.75) is 51.7 Å². The summed E-state index contributed by atoms with van der Waals surface area (Å²) in [5, 5.41) is 5.27. The van der Waals surface area contributed by atoms with Gasteiger partial charge in [-0.3, -0.25) is 15.0 Å². The minimum absolute atomic E-state index is 0.113. The molecule has 1 fully saturated rings. The van der Waals surface area contributed by atoms with Crippen LogP contribution >= 0.6 is 0 Å². The lowest BCUT2D eigenvalue weighted by molar-refractivity contribution is 0.0692. The number of carbonyl (C=O) groups is 3. The van der Waals surface area contributed by atoms with Crippen LogP contribution in [0.25, 0.3) is 0 Å². The first-order valence-corrected chi connectivity index (χ1v) is 10.7. The number of hydrogen-bond acceptors (Lipinski definition) is 6. The highest BCUT2D eigenvalue weighted by Crippen LogP contribution is 2.27. The van der Waals surface area contributed by atoms with Crippen molar-refractivity contribution in [3.8, 4) is 0 Å². The van der Waals surface area contributed by atoms with E-state index in [-0.39, 0.29) is 34.7 Å². The Morgan fingerprint density at radius 3 is 2.27 bits per heavy atom. The molecule has 0 unspecified atom stereocenters. The number of likely N-dealkylation sites (tertiary alicyclic amines) is 1. The minimum atomic E-state index is -0.733. The number of carbonyl (C=O) groups excluding carboxylic acids is 3. The third-order valence-corrected chi connectivity index (χ3v) is 5.68. The van der Waals surface area contributed by atoms with Crippen LogP contribution in [0.15, 0.2) is 30.6 Å². The van der Waals surface area contributed by atoms with Gasteiger partial charge in [-0.1, -0.05) is 6.07 Å². The smallest absolute Gasteiger partial charge is 0.333 e. The summed E-state index contributed by atoms with van der Waals surface area (Å²) in [7, 11) is 1.64. The van der Waals surface area contributed by atoms with Crippen molar-refractivity contribution in [3.05, 3.63) is 53.1 Å². The summed E-state index contributed by atoms with van der Waals surface area (Å²) < 4.78 is 14.8. The predicted octanol–water partition coefficient (Wildman–Crippen LogP) is 2.38. The van der Waals surface area contributed by atoms with Gasteiger partial charge in [-0.2, -0.15) is 0 Å². The van der Waals surface area contributed by atoms with Crippen LogP contribution in [0.2, 0.25) is 0 Å². The standard InChI is InChI=1S/C22H28FN7O3/c1-12-5-6-13(2)30(12)20(32)15-7-8-17(18(23)9-15)14(3)27-22(33)29-28-19(31)16-10-25-21(24-4)26-11-16/h7-14H,5-6H2,1-4H3,(H,28,31)(H,24,25,26)(H2,27,29,33)/t12-,13+,14-/m1/s1. The number of rotatable bonds is 5. The molecule has 0 saturated carbocycles. The second kappa shape index (κ2) is 10.2. The molecule has 33 heavy (non-hydrogen) atoms. The lowest BCUT2D eigenvalue weighted by atomic mass is 10.0. The van der Waals surface area contributed by atoms with E-state index in [4.69, 9.17) is 0 Å². The topological polar surface area (TPSA) is 128 Å². The van der Waals surface area contributed by atoms with Gasteiger partial charge in [-0.25, -0.2) is 24.6 Å². The average molecular weight is 458 g/mol. The largest absolute Gasteiger partial charge is 0.357 e. The molecule has 4 N–H and O–H groups in total. The molecule has 10 nitrogen and oxygen atoms in total. The summed E-state index contributed by atoms with van der Waals surface area (Å²) in [6, 6.07) is 3.02. The zero-order valence-corrected chi connectivity index (χ0v) is 19.0. The van der Waals surface area contributed by atoms with E-state index in [1.807, 2.05) is 13.8 Å². The van der Waals surface area contributed by atoms with Gasteiger partial charge in [0.25, 0.3) is 11.8 Å². The Morgan fingerprint density at radius 1 is 1.06 bits per heavy atom. The number of anilines is 1. The van der Waals surface area contributed by atoms with Gasteiger partial charge in [0, 0.05) is 42.7 Å². The van der Waals surface area contributed by atoms with Crippen LogP contribution in [0.1, 0.15) is 65.9 Å². The molecule has 2 heterocycles. The van der Waals surface area contributed by atoms with Crippen molar-refractivity contribution < 1.29 is 18.8 Å². The zero-order valence-electron chi connectivity index (χ0n) is 19.0. The summed E-state index contributed by atoms with van der Waals surface area (Å²) in [6.07, 6.45) is 4.46. The molecule has 3 rings (SSSR count). The van der Waals surface area contributed by atoms with Crippen LogP contribution < -0.4 is 21.5 Å². The molecule has 11 heteroatoms. The van der Waals surface area contributed by atoms with Crippen molar-refractivity contribution in [1.82, 2.24) is 31.0 Å². The molecule has 0 radical (unpaired) electrons. The lowest BCUT2D eigenvalue weighted by Crippen LogP contribution is -2.47. The maximum atomic E-state index is 14.8. The van der Waals surface area contributed by atoms with Crippen LogP contribution in [0.3, 0.4) is 0 Å². The zero-order chi connectivity index (χ0) is 24.1. The van der Waals surface area contributed by atoms with Gasteiger partial charge in [-0.05, 0) is 45.7 Å². The number of benzene rings is 1. The van der Waals surface area contributed by atoms with Gasteiger partial charge >= 0.3 is 6.03 Å². The molecule has 2 aromatic rings. The Balaban J connectivity index is 1.57. The summed E-state index contributed by atoms with van der Waals surface area (Å²) in [5.74, 6) is -1.06. The normalized spacial score (nSPS) is 18.4. The fraction of sp³-hybridized carbons (Fsp3) is 0.409. The molecule has 0 bridgehead atoms. The van der Waals surface area contributed by atoms with Crippen LogP contribution in [0.5, 0.6) is 0 Å². The second-order valence-electron chi connectivity index (χ2n) is 8.04. The van der Waals surface area contributed by atoms with Crippen molar-refractivity contribution in [1.29, 1.82) is 0 Å². The molecule has 1 aromatic carbocycles. The number of nitrogens with zero attached hydrogens (tertiary/aromatic N) is 3. The summed E-state index contributed by atoms with van der Waals surface area (Å²) >= 11 is 0. The van der Waals surface area contributed by atoms with E-state index in [1.165, 1.54) is 24.5 Å². The van der Waals surface area contributed by atoms with E-state index in [1.54, 1.807) is 24.9 Å². The first-order chi connectivity index (χ1) is 15.7. The molecule has 1 saturated heterocycles.